The Morgan fingerprint density at radius 3 is 2.85 bits per heavy atom. The molecule has 0 bridgehead atoms. The van der Waals surface area contributed by atoms with E-state index < -0.39 is 5.82 Å². The van der Waals surface area contributed by atoms with E-state index in [0.717, 1.165) is 0 Å². The van der Waals surface area contributed by atoms with Crippen molar-refractivity contribution in [1.82, 2.24) is 0 Å². The van der Waals surface area contributed by atoms with Gasteiger partial charge in [0.2, 0.25) is 0 Å². The number of ether oxygens (including phenoxy) is 1. The van der Waals surface area contributed by atoms with Crippen LogP contribution in [0.25, 0.3) is 0 Å². The van der Waals surface area contributed by atoms with Crippen molar-refractivity contribution in [3.05, 3.63) is 29.0 Å². The van der Waals surface area contributed by atoms with Crippen molar-refractivity contribution < 1.29 is 9.13 Å². The summed E-state index contributed by atoms with van der Waals surface area (Å²) in [6, 6.07) is 4.53. The van der Waals surface area contributed by atoms with Gasteiger partial charge in [-0.1, -0.05) is 11.6 Å². The van der Waals surface area contributed by atoms with Crippen LogP contribution >= 0.6 is 11.6 Å². The zero-order chi connectivity index (χ0) is 9.26. The van der Waals surface area contributed by atoms with Gasteiger partial charge < -0.3 is 4.74 Å². The predicted molar refractivity (Wildman–Crippen MR) is 49.6 cm³/mol. The van der Waals surface area contributed by atoms with Crippen molar-refractivity contribution in [2.75, 3.05) is 6.61 Å². The van der Waals surface area contributed by atoms with E-state index in [1.165, 1.54) is 25.0 Å². The summed E-state index contributed by atoms with van der Waals surface area (Å²) in [4.78, 5) is 0. The summed E-state index contributed by atoms with van der Waals surface area (Å²) in [5, 5.41) is 0.138. The van der Waals surface area contributed by atoms with Crippen molar-refractivity contribution in [3.63, 3.8) is 0 Å². The van der Waals surface area contributed by atoms with Gasteiger partial charge in [-0.25, -0.2) is 4.39 Å². The molecule has 0 aromatic heterocycles. The highest BCUT2D eigenvalue weighted by molar-refractivity contribution is 6.30. The molecule has 1 fully saturated rings. The Kier molecular flexibility index (Phi) is 2.40. The average molecular weight is 201 g/mol. The molecule has 1 aliphatic carbocycles. The standard InChI is InChI=1S/C10H10ClFO/c11-9-4-3-8(5-10(9)12)13-6-7-1-2-7/h3-5,7H,1-2,6H2. The van der Waals surface area contributed by atoms with Gasteiger partial charge in [-0.3, -0.25) is 0 Å². The molecule has 70 valence electrons. The van der Waals surface area contributed by atoms with E-state index in [0.29, 0.717) is 18.3 Å². The molecule has 0 amide bonds. The smallest absolute Gasteiger partial charge is 0.145 e. The van der Waals surface area contributed by atoms with Crippen LogP contribution in [0.5, 0.6) is 5.75 Å². The third kappa shape index (κ3) is 2.34. The zero-order valence-corrected chi connectivity index (χ0v) is 7.85. The van der Waals surface area contributed by atoms with Crippen LogP contribution in [-0.4, -0.2) is 6.61 Å². The highest BCUT2D eigenvalue weighted by Crippen LogP contribution is 2.30. The lowest BCUT2D eigenvalue weighted by molar-refractivity contribution is 0.298. The first-order chi connectivity index (χ1) is 6.25. The molecule has 1 saturated carbocycles. The molecule has 0 heterocycles. The topological polar surface area (TPSA) is 9.23 Å². The molecular weight excluding hydrogens is 191 g/mol. The van der Waals surface area contributed by atoms with Crippen molar-refractivity contribution in [2.24, 2.45) is 5.92 Å². The monoisotopic (exact) mass is 200 g/mol. The Labute approximate surface area is 81.5 Å². The first-order valence-corrected chi connectivity index (χ1v) is 4.71. The SMILES string of the molecule is Fc1cc(OCC2CC2)ccc1Cl. The van der Waals surface area contributed by atoms with E-state index in [1.807, 2.05) is 0 Å². The van der Waals surface area contributed by atoms with Crippen LogP contribution in [0, 0.1) is 11.7 Å². The molecule has 1 nitrogen and oxygen atoms in total. The fraction of sp³-hybridized carbons (Fsp3) is 0.400. The van der Waals surface area contributed by atoms with E-state index in [4.69, 9.17) is 16.3 Å². The molecule has 1 aromatic carbocycles. The van der Waals surface area contributed by atoms with Gasteiger partial charge in [0.05, 0.1) is 11.6 Å². The van der Waals surface area contributed by atoms with Gasteiger partial charge >= 0.3 is 0 Å². The summed E-state index contributed by atoms with van der Waals surface area (Å²) < 4.78 is 18.3. The fourth-order valence-electron chi connectivity index (χ4n) is 1.07. The number of rotatable bonds is 3. The van der Waals surface area contributed by atoms with Gasteiger partial charge in [0.25, 0.3) is 0 Å². The molecule has 0 radical (unpaired) electrons. The van der Waals surface area contributed by atoms with E-state index in [2.05, 4.69) is 0 Å². The van der Waals surface area contributed by atoms with Crippen molar-refractivity contribution in [2.45, 2.75) is 12.8 Å². The molecule has 0 N–H and O–H groups in total. The summed E-state index contributed by atoms with van der Waals surface area (Å²) in [7, 11) is 0. The molecule has 0 unspecified atom stereocenters. The Hall–Kier alpha value is -0.760. The second-order valence-corrected chi connectivity index (χ2v) is 3.74. The Morgan fingerprint density at radius 1 is 1.46 bits per heavy atom. The molecule has 13 heavy (non-hydrogen) atoms. The van der Waals surface area contributed by atoms with Gasteiger partial charge in [-0.15, -0.1) is 0 Å². The van der Waals surface area contributed by atoms with Crippen LogP contribution in [0.1, 0.15) is 12.8 Å². The fourth-order valence-corrected chi connectivity index (χ4v) is 1.18. The Morgan fingerprint density at radius 2 is 2.23 bits per heavy atom. The van der Waals surface area contributed by atoms with Crippen molar-refractivity contribution in [1.29, 1.82) is 0 Å². The lowest BCUT2D eigenvalue weighted by atomic mass is 10.3. The molecule has 0 atom stereocenters. The maximum absolute atomic E-state index is 12.9. The number of halogens is 2. The van der Waals surface area contributed by atoms with Gasteiger partial charge in [0, 0.05) is 6.07 Å². The second-order valence-electron chi connectivity index (χ2n) is 3.33. The summed E-state index contributed by atoms with van der Waals surface area (Å²) in [5.41, 5.74) is 0. The second kappa shape index (κ2) is 3.54. The average Bonchev–Trinajstić information content (AvgIpc) is 2.91. The summed E-state index contributed by atoms with van der Waals surface area (Å²) in [6.45, 7) is 0.696. The van der Waals surface area contributed by atoms with Crippen LogP contribution in [0.2, 0.25) is 5.02 Å². The van der Waals surface area contributed by atoms with Crippen LogP contribution in [0.3, 0.4) is 0 Å². The zero-order valence-electron chi connectivity index (χ0n) is 7.09. The quantitative estimate of drug-likeness (QED) is 0.728. The first-order valence-electron chi connectivity index (χ1n) is 4.33. The normalized spacial score (nSPS) is 15.8. The Bertz CT molecular complexity index is 310. The molecule has 3 heteroatoms. The minimum Gasteiger partial charge on any atom is -0.493 e. The lowest BCUT2D eigenvalue weighted by Gasteiger charge is -2.04. The minimum atomic E-state index is -0.421. The molecule has 2 rings (SSSR count). The van der Waals surface area contributed by atoms with Crippen LogP contribution in [0.4, 0.5) is 4.39 Å². The van der Waals surface area contributed by atoms with E-state index in [9.17, 15) is 4.39 Å². The highest BCUT2D eigenvalue weighted by Gasteiger charge is 2.21. The summed E-state index contributed by atoms with van der Waals surface area (Å²) in [6.07, 6.45) is 2.46. The Balaban J connectivity index is 1.98. The maximum atomic E-state index is 12.9. The van der Waals surface area contributed by atoms with E-state index in [1.54, 1.807) is 6.07 Å². The maximum Gasteiger partial charge on any atom is 0.145 e. The number of hydrogen-bond acceptors (Lipinski definition) is 1. The van der Waals surface area contributed by atoms with Crippen LogP contribution in [-0.2, 0) is 0 Å². The molecule has 1 aromatic rings. The van der Waals surface area contributed by atoms with Gasteiger partial charge in [0.15, 0.2) is 0 Å². The first kappa shape index (κ1) is 8.82. The summed E-state index contributed by atoms with van der Waals surface area (Å²) in [5.74, 6) is 0.822. The van der Waals surface area contributed by atoms with Crippen LogP contribution in [0.15, 0.2) is 18.2 Å². The van der Waals surface area contributed by atoms with Gasteiger partial charge in [-0.05, 0) is 30.9 Å². The lowest BCUT2D eigenvalue weighted by Crippen LogP contribution is -1.98. The van der Waals surface area contributed by atoms with E-state index in [-0.39, 0.29) is 5.02 Å². The minimum absolute atomic E-state index is 0.138. The molecular formula is C10H10ClFO. The third-order valence-corrected chi connectivity index (χ3v) is 2.38. The van der Waals surface area contributed by atoms with Crippen molar-refractivity contribution in [3.8, 4) is 5.75 Å². The van der Waals surface area contributed by atoms with Crippen molar-refractivity contribution >= 4 is 11.6 Å². The highest BCUT2D eigenvalue weighted by atomic mass is 35.5. The van der Waals surface area contributed by atoms with E-state index >= 15 is 0 Å². The summed E-state index contributed by atoms with van der Waals surface area (Å²) >= 11 is 5.53. The van der Waals surface area contributed by atoms with Gasteiger partial charge in [-0.2, -0.15) is 0 Å². The largest absolute Gasteiger partial charge is 0.493 e. The number of hydrogen-bond donors (Lipinski definition) is 0. The predicted octanol–water partition coefficient (Wildman–Crippen LogP) is 3.27. The van der Waals surface area contributed by atoms with Gasteiger partial charge in [0.1, 0.15) is 11.6 Å². The molecule has 0 saturated heterocycles. The number of benzene rings is 1. The third-order valence-electron chi connectivity index (χ3n) is 2.07. The molecule has 0 aliphatic heterocycles. The molecule has 1 aliphatic rings. The molecule has 0 spiro atoms. The van der Waals surface area contributed by atoms with Crippen LogP contribution < -0.4 is 4.74 Å².